The third-order valence-electron chi connectivity index (χ3n) is 2.64. The van der Waals surface area contributed by atoms with E-state index in [9.17, 15) is 9.59 Å². The molecule has 0 unspecified atom stereocenters. The van der Waals surface area contributed by atoms with Crippen molar-refractivity contribution in [2.45, 2.75) is 19.8 Å². The van der Waals surface area contributed by atoms with E-state index in [1.54, 1.807) is 37.3 Å². The minimum absolute atomic E-state index is 0.224. The molecule has 0 fully saturated rings. The molecule has 5 heteroatoms. The van der Waals surface area contributed by atoms with Crippen LogP contribution >= 0.6 is 0 Å². The van der Waals surface area contributed by atoms with Crippen LogP contribution in [0.5, 0.6) is 5.75 Å². The van der Waals surface area contributed by atoms with Crippen molar-refractivity contribution in [1.82, 2.24) is 5.32 Å². The number of benzene rings is 1. The van der Waals surface area contributed by atoms with Gasteiger partial charge in [-0.2, -0.15) is 0 Å². The standard InChI is InChI=1S/C16H21NO4/c1-3-12-21-14-9-6-5-8-13(14)16(19)17-11-7-10-15(18)20-4-2/h3,5-6,8-9H,1,4,7,10-12H2,2H3,(H,17,19). The van der Waals surface area contributed by atoms with Gasteiger partial charge in [0.25, 0.3) is 5.91 Å². The highest BCUT2D eigenvalue weighted by molar-refractivity contribution is 5.96. The van der Waals surface area contributed by atoms with Crippen LogP contribution in [0, 0.1) is 0 Å². The Kier molecular flexibility index (Phi) is 7.64. The summed E-state index contributed by atoms with van der Waals surface area (Å²) in [6.07, 6.45) is 2.46. The number of ether oxygens (including phenoxy) is 2. The van der Waals surface area contributed by atoms with Gasteiger partial charge in [-0.3, -0.25) is 9.59 Å². The summed E-state index contributed by atoms with van der Waals surface area (Å²) in [6.45, 7) is 6.46. The summed E-state index contributed by atoms with van der Waals surface area (Å²) >= 11 is 0. The van der Waals surface area contributed by atoms with Gasteiger partial charge in [-0.05, 0) is 25.5 Å². The monoisotopic (exact) mass is 291 g/mol. The number of rotatable bonds is 9. The van der Waals surface area contributed by atoms with Gasteiger partial charge in [0.15, 0.2) is 0 Å². The minimum atomic E-state index is -0.249. The summed E-state index contributed by atoms with van der Waals surface area (Å²) in [5.74, 6) is 0.0419. The van der Waals surface area contributed by atoms with E-state index in [2.05, 4.69) is 11.9 Å². The molecule has 0 saturated carbocycles. The molecule has 0 heterocycles. The van der Waals surface area contributed by atoms with Crippen LogP contribution in [-0.2, 0) is 9.53 Å². The smallest absolute Gasteiger partial charge is 0.305 e. The maximum Gasteiger partial charge on any atom is 0.305 e. The van der Waals surface area contributed by atoms with Crippen molar-refractivity contribution < 1.29 is 19.1 Å². The van der Waals surface area contributed by atoms with Gasteiger partial charge in [-0.25, -0.2) is 0 Å². The number of hydrogen-bond acceptors (Lipinski definition) is 4. The summed E-state index contributed by atoms with van der Waals surface area (Å²) in [7, 11) is 0. The molecule has 1 amide bonds. The SMILES string of the molecule is C=CCOc1ccccc1C(=O)NCCCC(=O)OCC. The average Bonchev–Trinajstić information content (AvgIpc) is 2.50. The van der Waals surface area contributed by atoms with E-state index in [-0.39, 0.29) is 11.9 Å². The number of esters is 1. The topological polar surface area (TPSA) is 64.6 Å². The molecule has 0 bridgehead atoms. The zero-order valence-corrected chi connectivity index (χ0v) is 12.3. The molecule has 1 aromatic rings. The Balaban J connectivity index is 2.44. The molecule has 0 aliphatic heterocycles. The van der Waals surface area contributed by atoms with Crippen LogP contribution in [0.15, 0.2) is 36.9 Å². The van der Waals surface area contributed by atoms with Crippen molar-refractivity contribution in [2.24, 2.45) is 0 Å². The Hall–Kier alpha value is -2.30. The van der Waals surface area contributed by atoms with Gasteiger partial charge in [-0.15, -0.1) is 0 Å². The molecule has 0 aromatic heterocycles. The number of para-hydroxylation sites is 1. The molecule has 1 aromatic carbocycles. The number of amides is 1. The van der Waals surface area contributed by atoms with E-state index < -0.39 is 0 Å². The molecular formula is C16H21NO4. The van der Waals surface area contributed by atoms with Gasteiger partial charge in [0.05, 0.1) is 12.2 Å². The fourth-order valence-electron chi connectivity index (χ4n) is 1.69. The first-order valence-electron chi connectivity index (χ1n) is 6.95. The van der Waals surface area contributed by atoms with Crippen molar-refractivity contribution in [1.29, 1.82) is 0 Å². The fraction of sp³-hybridized carbons (Fsp3) is 0.375. The van der Waals surface area contributed by atoms with Crippen LogP contribution in [0.4, 0.5) is 0 Å². The molecule has 0 atom stereocenters. The number of carbonyl (C=O) groups excluding carboxylic acids is 2. The molecule has 114 valence electrons. The second-order valence-electron chi connectivity index (χ2n) is 4.26. The summed E-state index contributed by atoms with van der Waals surface area (Å²) < 4.78 is 10.2. The predicted octanol–water partition coefficient (Wildman–Crippen LogP) is 2.32. The number of carbonyl (C=O) groups is 2. The van der Waals surface area contributed by atoms with E-state index in [1.165, 1.54) is 0 Å². The zero-order valence-electron chi connectivity index (χ0n) is 12.3. The molecule has 21 heavy (non-hydrogen) atoms. The normalized spacial score (nSPS) is 9.76. The first-order chi connectivity index (χ1) is 10.2. The summed E-state index contributed by atoms with van der Waals surface area (Å²) in [4.78, 5) is 23.2. The van der Waals surface area contributed by atoms with E-state index in [1.807, 2.05) is 0 Å². The highest BCUT2D eigenvalue weighted by Gasteiger charge is 2.11. The maximum absolute atomic E-state index is 12.1. The van der Waals surface area contributed by atoms with Crippen LogP contribution in [0.1, 0.15) is 30.1 Å². The largest absolute Gasteiger partial charge is 0.489 e. The maximum atomic E-state index is 12.1. The van der Waals surface area contributed by atoms with Gasteiger partial charge in [0.2, 0.25) is 0 Å². The highest BCUT2D eigenvalue weighted by Crippen LogP contribution is 2.17. The summed E-state index contributed by atoms with van der Waals surface area (Å²) in [5, 5.41) is 2.76. The van der Waals surface area contributed by atoms with Gasteiger partial charge in [0.1, 0.15) is 12.4 Å². The molecule has 0 saturated heterocycles. The van der Waals surface area contributed by atoms with Crippen LogP contribution in [-0.4, -0.2) is 31.6 Å². The van der Waals surface area contributed by atoms with Crippen molar-refractivity contribution in [3.05, 3.63) is 42.5 Å². The summed E-state index contributed by atoms with van der Waals surface area (Å²) in [5.41, 5.74) is 0.468. The minimum Gasteiger partial charge on any atom is -0.489 e. The van der Waals surface area contributed by atoms with E-state index in [0.29, 0.717) is 43.9 Å². The van der Waals surface area contributed by atoms with Gasteiger partial charge >= 0.3 is 5.97 Å². The van der Waals surface area contributed by atoms with Crippen LogP contribution in [0.3, 0.4) is 0 Å². The Morgan fingerprint density at radius 3 is 2.81 bits per heavy atom. The number of nitrogens with one attached hydrogen (secondary N) is 1. The Labute approximate surface area is 124 Å². The molecular weight excluding hydrogens is 270 g/mol. The quantitative estimate of drug-likeness (QED) is 0.431. The number of hydrogen-bond donors (Lipinski definition) is 1. The zero-order chi connectivity index (χ0) is 15.5. The van der Waals surface area contributed by atoms with Crippen LogP contribution in [0.25, 0.3) is 0 Å². The van der Waals surface area contributed by atoms with Crippen LogP contribution < -0.4 is 10.1 Å². The van der Waals surface area contributed by atoms with Gasteiger partial charge in [0, 0.05) is 13.0 Å². The summed E-state index contributed by atoms with van der Waals surface area (Å²) in [6, 6.07) is 7.00. The van der Waals surface area contributed by atoms with Crippen molar-refractivity contribution in [3.63, 3.8) is 0 Å². The highest BCUT2D eigenvalue weighted by atomic mass is 16.5. The predicted molar refractivity (Wildman–Crippen MR) is 80.3 cm³/mol. The molecule has 5 nitrogen and oxygen atoms in total. The second kappa shape index (κ2) is 9.58. The molecule has 1 rings (SSSR count). The van der Waals surface area contributed by atoms with Crippen LogP contribution in [0.2, 0.25) is 0 Å². The first-order valence-corrected chi connectivity index (χ1v) is 6.95. The fourth-order valence-corrected chi connectivity index (χ4v) is 1.69. The third-order valence-corrected chi connectivity index (χ3v) is 2.64. The lowest BCUT2D eigenvalue weighted by Crippen LogP contribution is -2.25. The van der Waals surface area contributed by atoms with E-state index >= 15 is 0 Å². The van der Waals surface area contributed by atoms with Crippen molar-refractivity contribution in [3.8, 4) is 5.75 Å². The Bertz CT molecular complexity index is 485. The van der Waals surface area contributed by atoms with Gasteiger partial charge in [-0.1, -0.05) is 24.8 Å². The molecule has 0 aliphatic rings. The molecule has 1 N–H and O–H groups in total. The van der Waals surface area contributed by atoms with Crippen molar-refractivity contribution >= 4 is 11.9 Å². The lowest BCUT2D eigenvalue weighted by molar-refractivity contribution is -0.143. The molecule has 0 radical (unpaired) electrons. The Morgan fingerprint density at radius 1 is 1.33 bits per heavy atom. The van der Waals surface area contributed by atoms with Crippen molar-refractivity contribution in [2.75, 3.05) is 19.8 Å². The van der Waals surface area contributed by atoms with E-state index in [4.69, 9.17) is 9.47 Å². The molecule has 0 aliphatic carbocycles. The average molecular weight is 291 g/mol. The molecule has 0 spiro atoms. The first kappa shape index (κ1) is 16.8. The third kappa shape index (κ3) is 6.12. The second-order valence-corrected chi connectivity index (χ2v) is 4.26. The lowest BCUT2D eigenvalue weighted by atomic mass is 10.2. The van der Waals surface area contributed by atoms with E-state index in [0.717, 1.165) is 0 Å². The Morgan fingerprint density at radius 2 is 2.10 bits per heavy atom. The van der Waals surface area contributed by atoms with Gasteiger partial charge < -0.3 is 14.8 Å². The lowest BCUT2D eigenvalue weighted by Gasteiger charge is -2.10.